The molecule has 24 heteroatoms. The summed E-state index contributed by atoms with van der Waals surface area (Å²) in [4.78, 5) is 125. The first-order valence-electron chi connectivity index (χ1n) is 27.3. The highest BCUT2D eigenvalue weighted by molar-refractivity contribution is 7.98. The first-order chi connectivity index (χ1) is 39.5. The normalized spacial score (nSPS) is 21.5. The summed E-state index contributed by atoms with van der Waals surface area (Å²) in [5.41, 5.74) is 15.7. The number of carbonyl (C=O) groups is 9. The van der Waals surface area contributed by atoms with Crippen LogP contribution in [0.3, 0.4) is 0 Å². The van der Waals surface area contributed by atoms with E-state index in [4.69, 9.17) is 15.9 Å². The Bertz CT molecular complexity index is 3370. The van der Waals surface area contributed by atoms with Crippen LogP contribution < -0.4 is 48.7 Å². The molecular weight excluding hydrogens is 1090 g/mol. The number of aromatic amines is 1. The molecular formula is C58H68FN11O10S2. The summed E-state index contributed by atoms with van der Waals surface area (Å²) in [5.74, 6) is -3.30. The van der Waals surface area contributed by atoms with Gasteiger partial charge in [-0.1, -0.05) is 60.7 Å². The van der Waals surface area contributed by atoms with E-state index in [0.717, 1.165) is 27.5 Å². The van der Waals surface area contributed by atoms with Gasteiger partial charge in [0.2, 0.25) is 41.4 Å². The smallest absolute Gasteiger partial charge is 0.324 e. The third-order valence-corrected chi connectivity index (χ3v) is 16.7. The van der Waals surface area contributed by atoms with E-state index in [9.17, 15) is 47.5 Å². The lowest BCUT2D eigenvalue weighted by atomic mass is 9.97. The number of hydrogen-bond donors (Lipinski definition) is 10. The van der Waals surface area contributed by atoms with Gasteiger partial charge in [0.05, 0.1) is 6.54 Å². The van der Waals surface area contributed by atoms with E-state index in [2.05, 4.69) is 42.2 Å². The molecule has 2 aliphatic rings. The summed E-state index contributed by atoms with van der Waals surface area (Å²) < 4.78 is 20.9. The lowest BCUT2D eigenvalue weighted by Crippen LogP contribution is -2.61. The van der Waals surface area contributed by atoms with E-state index in [0.29, 0.717) is 82.7 Å². The Morgan fingerprint density at radius 2 is 1.45 bits per heavy atom. The second kappa shape index (κ2) is 28.2. The minimum atomic E-state index is -1.37. The van der Waals surface area contributed by atoms with Crippen molar-refractivity contribution in [1.82, 2.24) is 47.1 Å². The molecule has 4 atom stereocenters. The number of urea groups is 2. The van der Waals surface area contributed by atoms with Gasteiger partial charge in [-0.3, -0.25) is 44.2 Å². The van der Waals surface area contributed by atoms with Gasteiger partial charge in [0.1, 0.15) is 40.6 Å². The molecule has 12 N–H and O–H groups in total. The van der Waals surface area contributed by atoms with Gasteiger partial charge in [-0.25, -0.2) is 14.0 Å². The average molecular weight is 1160 g/mol. The van der Waals surface area contributed by atoms with Crippen LogP contribution in [0.15, 0.2) is 89.5 Å². The Kier molecular flexibility index (Phi) is 20.6. The predicted octanol–water partition coefficient (Wildman–Crippen LogP) is 4.60. The molecule has 21 nitrogen and oxygen atoms in total. The standard InChI is InChI=1S/C58H68FN11O10S2/c1-58-21-7-24-70(58)57(79)69-47(71)18-15-36-10-5-12-40-41-13-6-11-37(51(41)80-50(36)40)19-23-62-54(76)45(27-38-29-63-43-17-16-39(59)28-42(38)43)67-56(78)68-49(73)30-64-53(75)44(14-2-3-22-60)65-48(72)20-25-81-31-34-8-4-9-35(26-34)32-82-33-46(52(61)74)66-55(58)77/h4-6,8-13,16-17,26,28-29,44-46,63H,2-3,7,14-15,18-25,27,30-33,60H2,1H3,(H2,61,74)(H,62,76)(H,64,75)(H,65,72)(H,66,77)(H,69,71,79)(H2,67,68,73,78)/t44-,45-,46+,58-/m0/s1. The Balaban J connectivity index is 0.999. The Labute approximate surface area is 480 Å². The number of rotatable bonds is 7. The van der Waals surface area contributed by atoms with Crippen molar-refractivity contribution >= 4 is 110 Å². The number of aromatic nitrogens is 1. The fraction of sp³-hybridized carbons (Fsp3) is 0.397. The van der Waals surface area contributed by atoms with Crippen molar-refractivity contribution in [3.8, 4) is 0 Å². The third-order valence-electron chi connectivity index (χ3n) is 14.6. The van der Waals surface area contributed by atoms with Crippen LogP contribution in [-0.4, -0.2) is 125 Å². The van der Waals surface area contributed by atoms with E-state index in [1.165, 1.54) is 40.6 Å². The van der Waals surface area contributed by atoms with Crippen LogP contribution in [0, 0.1) is 5.82 Å². The van der Waals surface area contributed by atoms with Crippen molar-refractivity contribution in [2.45, 2.75) is 106 Å². The SMILES string of the molecule is C[C@@]12CCCN1C(=O)NC(=O)CCc1cccc3c1oc1c(cccc13)CCNC(=O)[C@H](Cc1c[nH]c3ccc(F)cc13)NC(=O)NC(=O)CNC(=O)[C@H](CCCCN)NC(=O)CCSCc1cccc(c1)CSC[C@H](C(N)=O)NC2=O. The fourth-order valence-electron chi connectivity index (χ4n) is 10.2. The highest BCUT2D eigenvalue weighted by Crippen LogP contribution is 2.34. The summed E-state index contributed by atoms with van der Waals surface area (Å²) in [5, 5.41) is 20.1. The number of fused-ring (bicyclic) bond motifs is 5. The van der Waals surface area contributed by atoms with E-state index < -0.39 is 83.5 Å². The van der Waals surface area contributed by atoms with Crippen molar-refractivity contribution in [2.24, 2.45) is 11.5 Å². The number of nitrogens with zero attached hydrogens (tertiary/aromatic N) is 1. The Morgan fingerprint density at radius 1 is 0.744 bits per heavy atom. The van der Waals surface area contributed by atoms with E-state index in [1.54, 1.807) is 19.2 Å². The van der Waals surface area contributed by atoms with Gasteiger partial charge in [0.25, 0.3) is 0 Å². The van der Waals surface area contributed by atoms with Crippen LogP contribution in [-0.2, 0) is 64.3 Å². The molecule has 82 heavy (non-hydrogen) atoms. The monoisotopic (exact) mass is 1160 g/mol. The number of H-pyrrole nitrogens is 1. The Hall–Kier alpha value is -7.96. The second-order valence-electron chi connectivity index (χ2n) is 20.6. The van der Waals surface area contributed by atoms with Crippen LogP contribution in [0.2, 0.25) is 0 Å². The minimum absolute atomic E-state index is 0.0715. The summed E-state index contributed by atoms with van der Waals surface area (Å²) >= 11 is 2.91. The number of unbranched alkanes of at least 4 members (excludes halogenated alkanes) is 1. The third kappa shape index (κ3) is 15.5. The van der Waals surface area contributed by atoms with Gasteiger partial charge in [0, 0.05) is 83.2 Å². The van der Waals surface area contributed by atoms with Crippen LogP contribution in [0.4, 0.5) is 14.0 Å². The summed E-state index contributed by atoms with van der Waals surface area (Å²) in [6, 6.07) is 18.0. The number of nitrogens with one attached hydrogen (secondary N) is 8. The molecule has 4 aromatic carbocycles. The molecule has 4 heterocycles. The molecule has 2 aromatic heterocycles. The molecule has 4 bridgehead atoms. The number of primary amides is 1. The number of para-hydroxylation sites is 2. The van der Waals surface area contributed by atoms with Gasteiger partial charge in [-0.05, 0) is 104 Å². The fourth-order valence-corrected chi connectivity index (χ4v) is 12.1. The predicted molar refractivity (Wildman–Crippen MR) is 311 cm³/mol. The number of thioether (sulfide) groups is 2. The lowest BCUT2D eigenvalue weighted by molar-refractivity contribution is -0.133. The van der Waals surface area contributed by atoms with E-state index in [1.807, 2.05) is 60.7 Å². The quantitative estimate of drug-likeness (QED) is 0.0979. The molecule has 0 unspecified atom stereocenters. The van der Waals surface area contributed by atoms with Gasteiger partial charge >= 0.3 is 12.1 Å². The van der Waals surface area contributed by atoms with Crippen molar-refractivity contribution in [2.75, 3.05) is 37.7 Å². The molecule has 0 spiro atoms. The molecule has 8 rings (SSSR count). The van der Waals surface area contributed by atoms with Crippen LogP contribution >= 0.6 is 23.5 Å². The maximum Gasteiger partial charge on any atom is 0.324 e. The molecule has 1 saturated heterocycles. The summed E-state index contributed by atoms with van der Waals surface area (Å²) in [6.07, 6.45) is 4.06. The van der Waals surface area contributed by atoms with Gasteiger partial charge in [-0.2, -0.15) is 23.5 Å². The molecule has 434 valence electrons. The molecule has 6 aromatic rings. The zero-order valence-electron chi connectivity index (χ0n) is 45.4. The number of nitrogens with two attached hydrogens (primary N) is 2. The summed E-state index contributed by atoms with van der Waals surface area (Å²) in [7, 11) is 0. The molecule has 0 aliphatic carbocycles. The average Bonchev–Trinajstić information content (AvgIpc) is 4.36. The van der Waals surface area contributed by atoms with Crippen LogP contribution in [0.5, 0.6) is 0 Å². The number of amides is 11. The summed E-state index contributed by atoms with van der Waals surface area (Å²) in [6.45, 7) is 1.60. The highest BCUT2D eigenvalue weighted by Gasteiger charge is 2.47. The highest BCUT2D eigenvalue weighted by atomic mass is 32.2. The van der Waals surface area contributed by atoms with E-state index in [-0.39, 0.29) is 63.3 Å². The number of furan rings is 1. The number of benzene rings is 4. The number of carbonyl (C=O) groups excluding carboxylic acids is 9. The molecule has 0 saturated carbocycles. The maximum atomic E-state index is 14.5. The number of hydrogen-bond acceptors (Lipinski definition) is 13. The molecule has 11 amide bonds. The van der Waals surface area contributed by atoms with Crippen LogP contribution in [0.25, 0.3) is 32.8 Å². The van der Waals surface area contributed by atoms with Crippen molar-refractivity contribution in [3.05, 3.63) is 119 Å². The lowest BCUT2D eigenvalue weighted by Gasteiger charge is -2.34. The molecule has 2 aliphatic heterocycles. The molecule has 1 fully saturated rings. The maximum absolute atomic E-state index is 14.5. The minimum Gasteiger partial charge on any atom is -0.455 e. The van der Waals surface area contributed by atoms with Crippen molar-refractivity contribution in [1.29, 1.82) is 0 Å². The Morgan fingerprint density at radius 3 is 2.18 bits per heavy atom. The first-order valence-corrected chi connectivity index (χ1v) is 29.6. The number of imide groups is 2. The van der Waals surface area contributed by atoms with E-state index >= 15 is 0 Å². The number of halogens is 1. The zero-order valence-corrected chi connectivity index (χ0v) is 47.1. The van der Waals surface area contributed by atoms with Gasteiger partial charge < -0.3 is 52.4 Å². The largest absolute Gasteiger partial charge is 0.455 e. The van der Waals surface area contributed by atoms with Crippen molar-refractivity contribution < 1.29 is 52.0 Å². The van der Waals surface area contributed by atoms with Gasteiger partial charge in [0.15, 0.2) is 0 Å². The number of aryl methyl sites for hydroxylation is 1. The second-order valence-corrected chi connectivity index (χ2v) is 22.7. The first kappa shape index (κ1) is 60.1. The van der Waals surface area contributed by atoms with Crippen LogP contribution in [0.1, 0.15) is 79.7 Å². The zero-order chi connectivity index (χ0) is 58.3. The molecule has 0 radical (unpaired) electrons. The van der Waals surface area contributed by atoms with Crippen molar-refractivity contribution in [3.63, 3.8) is 0 Å². The topological polar surface area (TPSA) is 322 Å². The van der Waals surface area contributed by atoms with Gasteiger partial charge in [-0.15, -0.1) is 0 Å².